The van der Waals surface area contributed by atoms with Crippen LogP contribution >= 0.6 is 0 Å². The smallest absolute Gasteiger partial charge is 0.108 e. The van der Waals surface area contributed by atoms with Gasteiger partial charge in [-0.15, -0.1) is 0 Å². The summed E-state index contributed by atoms with van der Waals surface area (Å²) in [6.07, 6.45) is -1.67. The van der Waals surface area contributed by atoms with Crippen LogP contribution in [-0.2, 0) is 0 Å². The predicted octanol–water partition coefficient (Wildman–Crippen LogP) is 10.0. The van der Waals surface area contributed by atoms with Crippen molar-refractivity contribution >= 4 is 62.1 Å². The summed E-state index contributed by atoms with van der Waals surface area (Å²) in [4.78, 5) is 4.76. The minimum atomic E-state index is -1.67. The molecule has 0 amide bonds. The van der Waals surface area contributed by atoms with Crippen LogP contribution in [0.4, 0.5) is 34.1 Å². The second kappa shape index (κ2) is 14.5. The first-order valence-corrected chi connectivity index (χ1v) is 17.6. The Morgan fingerprint density at radius 1 is 0.216 bits per heavy atom. The molecule has 0 unspecified atom stereocenters. The summed E-state index contributed by atoms with van der Waals surface area (Å²) in [5, 5.41) is 0. The van der Waals surface area contributed by atoms with E-state index >= 15 is 0 Å². The van der Waals surface area contributed by atoms with E-state index in [1.165, 1.54) is 21.9 Å². The fraction of sp³-hybridized carbons (Fsp3) is 0. The summed E-state index contributed by atoms with van der Waals surface area (Å²) in [6, 6.07) is 83.1. The van der Waals surface area contributed by atoms with Gasteiger partial charge in [-0.1, -0.05) is 176 Å². The van der Waals surface area contributed by atoms with Crippen LogP contribution in [-0.4, -0.2) is 6.15 Å². The summed E-state index contributed by atoms with van der Waals surface area (Å²) in [5.41, 5.74) is 11.5. The molecule has 0 fully saturated rings. The number of hydrogen-bond acceptors (Lipinski definition) is 2. The minimum Gasteiger partial charge on any atom is -0.311 e. The van der Waals surface area contributed by atoms with Crippen molar-refractivity contribution in [3.05, 3.63) is 231 Å². The molecule has 0 atom stereocenters. The summed E-state index contributed by atoms with van der Waals surface area (Å²) in [5.74, 6) is 0. The molecule has 0 saturated heterocycles. The van der Waals surface area contributed by atoms with Gasteiger partial charge < -0.3 is 9.80 Å². The van der Waals surface area contributed by atoms with E-state index in [2.05, 4.69) is 240 Å². The lowest BCUT2D eigenvalue weighted by Crippen LogP contribution is -2.74. The fourth-order valence-electron chi connectivity index (χ4n) is 7.71. The molecular weight excluding hydrogens is 615 g/mol. The molecule has 0 bridgehead atoms. The van der Waals surface area contributed by atoms with E-state index in [-0.39, 0.29) is 0 Å². The fourth-order valence-corrected chi connectivity index (χ4v) is 7.71. The molecule has 244 valence electrons. The molecule has 0 aromatic heterocycles. The molecule has 0 heterocycles. The van der Waals surface area contributed by atoms with Crippen molar-refractivity contribution in [2.75, 3.05) is 9.80 Å². The predicted molar refractivity (Wildman–Crippen MR) is 219 cm³/mol. The molecule has 51 heavy (non-hydrogen) atoms. The molecule has 0 N–H and O–H groups in total. The molecule has 8 aromatic rings. The lowest BCUT2D eigenvalue weighted by molar-refractivity contribution is 1.25. The van der Waals surface area contributed by atoms with Crippen molar-refractivity contribution in [3.8, 4) is 0 Å². The molecule has 0 aliphatic heterocycles. The summed E-state index contributed by atoms with van der Waals surface area (Å²) in [7, 11) is 0. The van der Waals surface area contributed by atoms with Crippen LogP contribution in [0.2, 0.25) is 0 Å². The van der Waals surface area contributed by atoms with Gasteiger partial charge in [-0.2, -0.15) is 21.9 Å². The Labute approximate surface area is 301 Å². The summed E-state index contributed by atoms with van der Waals surface area (Å²) < 4.78 is 0. The van der Waals surface area contributed by atoms with Gasteiger partial charge in [0.25, 0.3) is 0 Å². The van der Waals surface area contributed by atoms with Crippen LogP contribution in [0.5, 0.6) is 0 Å². The Kier molecular flexibility index (Phi) is 9.00. The SMILES string of the molecule is c1ccc(N(c2ccccc2)c2cc(N(c3ccccc3)c3ccccc3)cc([B-](c3ccccc3)(c3ccccc3)c3ccccc3)c2)cc1. The number of rotatable bonds is 10. The van der Waals surface area contributed by atoms with Gasteiger partial charge >= 0.3 is 0 Å². The van der Waals surface area contributed by atoms with Crippen molar-refractivity contribution in [1.82, 2.24) is 0 Å². The second-order valence-corrected chi connectivity index (χ2v) is 12.9. The van der Waals surface area contributed by atoms with Gasteiger partial charge in [-0.3, -0.25) is 0 Å². The minimum absolute atomic E-state index is 1.07. The molecule has 0 aliphatic carbocycles. The maximum Gasteiger partial charge on any atom is 0.108 e. The zero-order valence-electron chi connectivity index (χ0n) is 28.4. The molecule has 8 aromatic carbocycles. The number of benzene rings is 8. The normalized spacial score (nSPS) is 11.1. The zero-order chi connectivity index (χ0) is 34.3. The van der Waals surface area contributed by atoms with Crippen molar-refractivity contribution in [2.24, 2.45) is 0 Å². The lowest BCUT2D eigenvalue weighted by atomic mass is 9.13. The van der Waals surface area contributed by atoms with Crippen LogP contribution in [0.3, 0.4) is 0 Å². The quantitative estimate of drug-likeness (QED) is 0.136. The maximum atomic E-state index is 2.42. The standard InChI is InChI=1S/C48H38BN2/c1-8-22-39(23-9-1)49(40-24-10-2-11-25-40,41-26-12-3-13-27-41)42-36-47(50(43-28-14-4-15-29-43)44-30-16-5-17-31-44)38-48(37-42)51(45-32-18-6-19-33-45)46-34-20-7-21-35-46/h1-38H/q-1. The van der Waals surface area contributed by atoms with Gasteiger partial charge in [0.2, 0.25) is 0 Å². The molecule has 0 radical (unpaired) electrons. The monoisotopic (exact) mass is 653 g/mol. The Bertz CT molecular complexity index is 2010. The lowest BCUT2D eigenvalue weighted by Gasteiger charge is -2.45. The van der Waals surface area contributed by atoms with Gasteiger partial charge in [0, 0.05) is 34.1 Å². The second-order valence-electron chi connectivity index (χ2n) is 12.9. The highest BCUT2D eigenvalue weighted by atomic mass is 15.2. The molecule has 3 heteroatoms. The Morgan fingerprint density at radius 3 is 0.706 bits per heavy atom. The van der Waals surface area contributed by atoms with Gasteiger partial charge in [0.15, 0.2) is 0 Å². The number of para-hydroxylation sites is 4. The number of nitrogens with zero attached hydrogens (tertiary/aromatic N) is 2. The van der Waals surface area contributed by atoms with Crippen molar-refractivity contribution < 1.29 is 0 Å². The Hall–Kier alpha value is -6.58. The van der Waals surface area contributed by atoms with Crippen molar-refractivity contribution in [3.63, 3.8) is 0 Å². The van der Waals surface area contributed by atoms with E-state index < -0.39 is 6.15 Å². The largest absolute Gasteiger partial charge is 0.311 e. The van der Waals surface area contributed by atoms with E-state index in [0.29, 0.717) is 0 Å². The number of anilines is 6. The third-order valence-electron chi connectivity index (χ3n) is 9.90. The van der Waals surface area contributed by atoms with Crippen molar-refractivity contribution in [1.29, 1.82) is 0 Å². The van der Waals surface area contributed by atoms with Gasteiger partial charge in [-0.25, -0.2) is 0 Å². The van der Waals surface area contributed by atoms with Crippen LogP contribution in [0.25, 0.3) is 0 Å². The first kappa shape index (κ1) is 31.7. The Balaban J connectivity index is 1.52. The van der Waals surface area contributed by atoms with Crippen molar-refractivity contribution in [2.45, 2.75) is 0 Å². The van der Waals surface area contributed by atoms with Crippen LogP contribution in [0.15, 0.2) is 231 Å². The van der Waals surface area contributed by atoms with Crippen LogP contribution < -0.4 is 31.7 Å². The average molecular weight is 654 g/mol. The van der Waals surface area contributed by atoms with Gasteiger partial charge in [-0.05, 0) is 54.6 Å². The molecule has 0 aliphatic rings. The summed E-state index contributed by atoms with van der Waals surface area (Å²) >= 11 is 0. The highest BCUT2D eigenvalue weighted by molar-refractivity contribution is 7.20. The molecule has 0 spiro atoms. The number of hydrogen-bond donors (Lipinski definition) is 0. The van der Waals surface area contributed by atoms with E-state index in [9.17, 15) is 0 Å². The first-order valence-electron chi connectivity index (χ1n) is 17.6. The third kappa shape index (κ3) is 6.22. The van der Waals surface area contributed by atoms with E-state index in [1.54, 1.807) is 0 Å². The van der Waals surface area contributed by atoms with E-state index in [1.807, 2.05) is 0 Å². The third-order valence-corrected chi connectivity index (χ3v) is 9.90. The topological polar surface area (TPSA) is 6.48 Å². The van der Waals surface area contributed by atoms with Crippen LogP contribution in [0.1, 0.15) is 0 Å². The summed E-state index contributed by atoms with van der Waals surface area (Å²) in [6.45, 7) is 0. The molecule has 0 saturated carbocycles. The van der Waals surface area contributed by atoms with Crippen LogP contribution in [0, 0.1) is 0 Å². The van der Waals surface area contributed by atoms with Gasteiger partial charge in [0.05, 0.1) is 0 Å². The molecule has 8 rings (SSSR count). The maximum absolute atomic E-state index is 2.42. The zero-order valence-corrected chi connectivity index (χ0v) is 28.4. The van der Waals surface area contributed by atoms with E-state index in [0.717, 1.165) is 34.1 Å². The Morgan fingerprint density at radius 2 is 0.451 bits per heavy atom. The highest BCUT2D eigenvalue weighted by Gasteiger charge is 2.33. The van der Waals surface area contributed by atoms with Gasteiger partial charge in [0.1, 0.15) is 6.15 Å². The van der Waals surface area contributed by atoms with E-state index in [4.69, 9.17) is 0 Å². The molecule has 2 nitrogen and oxygen atoms in total. The average Bonchev–Trinajstić information content (AvgIpc) is 3.21. The first-order chi connectivity index (χ1) is 25.3. The highest BCUT2D eigenvalue weighted by Crippen LogP contribution is 2.40. The molecular formula is C48H38BN2-.